The first-order valence-corrected chi connectivity index (χ1v) is 6.43. The number of benzene rings is 2. The number of hydrogen-bond acceptors (Lipinski definition) is 2. The largest absolute Gasteiger partial charge is 0.489 e. The van der Waals surface area contributed by atoms with Gasteiger partial charge in [0.25, 0.3) is 0 Å². The van der Waals surface area contributed by atoms with E-state index in [1.807, 2.05) is 13.0 Å². The molecule has 0 saturated heterocycles. The lowest BCUT2D eigenvalue weighted by molar-refractivity contribution is 0.299. The lowest BCUT2D eigenvalue weighted by Crippen LogP contribution is -2.00. The van der Waals surface area contributed by atoms with Crippen molar-refractivity contribution in [1.82, 2.24) is 0 Å². The van der Waals surface area contributed by atoms with Gasteiger partial charge in [0.1, 0.15) is 18.2 Å². The first-order chi connectivity index (χ1) is 9.10. The van der Waals surface area contributed by atoms with Gasteiger partial charge in [-0.1, -0.05) is 24.6 Å². The summed E-state index contributed by atoms with van der Waals surface area (Å²) in [7, 11) is 0. The Labute approximate surface area is 117 Å². The van der Waals surface area contributed by atoms with E-state index in [1.54, 1.807) is 24.3 Å². The minimum Gasteiger partial charge on any atom is -0.489 e. The van der Waals surface area contributed by atoms with Gasteiger partial charge in [0.15, 0.2) is 0 Å². The highest BCUT2D eigenvalue weighted by Crippen LogP contribution is 2.23. The molecular weight excluding hydrogens is 265 g/mol. The monoisotopic (exact) mass is 279 g/mol. The molecule has 100 valence electrons. The molecule has 0 unspecified atom stereocenters. The van der Waals surface area contributed by atoms with E-state index in [9.17, 15) is 4.39 Å². The van der Waals surface area contributed by atoms with Crippen LogP contribution in [-0.4, -0.2) is 0 Å². The van der Waals surface area contributed by atoms with Crippen LogP contribution in [0.3, 0.4) is 0 Å². The smallest absolute Gasteiger partial charge is 0.131 e. The fraction of sp³-hybridized carbons (Fsp3) is 0.200. The first-order valence-electron chi connectivity index (χ1n) is 6.05. The molecule has 0 bridgehead atoms. The number of halogens is 2. The van der Waals surface area contributed by atoms with Crippen LogP contribution in [0.2, 0.25) is 5.02 Å². The minimum absolute atomic E-state index is 0.164. The van der Waals surface area contributed by atoms with Crippen LogP contribution in [0.5, 0.6) is 5.75 Å². The van der Waals surface area contributed by atoms with Crippen LogP contribution in [0.4, 0.5) is 10.1 Å². The summed E-state index contributed by atoms with van der Waals surface area (Å²) in [5, 5.41) is 0.716. The molecule has 0 aromatic heterocycles. The van der Waals surface area contributed by atoms with Crippen molar-refractivity contribution in [3.8, 4) is 5.75 Å². The molecule has 2 aromatic carbocycles. The van der Waals surface area contributed by atoms with E-state index < -0.39 is 0 Å². The molecule has 0 atom stereocenters. The number of anilines is 1. The van der Waals surface area contributed by atoms with Gasteiger partial charge in [0.05, 0.1) is 0 Å². The highest BCUT2D eigenvalue weighted by molar-refractivity contribution is 6.31. The van der Waals surface area contributed by atoms with Gasteiger partial charge in [-0.15, -0.1) is 0 Å². The summed E-state index contributed by atoms with van der Waals surface area (Å²) in [4.78, 5) is 0. The standard InChI is InChI=1S/C15H15ClFNO/c1-2-10-7-13(5-6-14(10)16)19-9-11-3-4-12(18)8-15(11)17/h3-8H,2,9,18H2,1H3. The van der Waals surface area contributed by atoms with E-state index in [-0.39, 0.29) is 12.4 Å². The van der Waals surface area contributed by atoms with E-state index in [0.717, 1.165) is 12.0 Å². The summed E-state index contributed by atoms with van der Waals surface area (Å²) in [6.45, 7) is 2.18. The molecule has 2 aromatic rings. The Morgan fingerprint density at radius 2 is 1.95 bits per heavy atom. The third-order valence-electron chi connectivity index (χ3n) is 2.87. The average Bonchev–Trinajstić information content (AvgIpc) is 2.39. The molecule has 0 saturated carbocycles. The number of nitrogens with two attached hydrogens (primary N) is 1. The normalized spacial score (nSPS) is 10.5. The summed E-state index contributed by atoms with van der Waals surface area (Å²) in [6.07, 6.45) is 0.826. The van der Waals surface area contributed by atoms with E-state index in [4.69, 9.17) is 22.1 Å². The molecule has 19 heavy (non-hydrogen) atoms. The predicted molar refractivity (Wildman–Crippen MR) is 76.0 cm³/mol. The quantitative estimate of drug-likeness (QED) is 0.851. The zero-order chi connectivity index (χ0) is 13.8. The van der Waals surface area contributed by atoms with E-state index in [2.05, 4.69) is 0 Å². The lowest BCUT2D eigenvalue weighted by atomic mass is 10.1. The zero-order valence-corrected chi connectivity index (χ0v) is 11.4. The third kappa shape index (κ3) is 3.38. The summed E-state index contributed by atoms with van der Waals surface area (Å²) in [5.41, 5.74) is 7.38. The Balaban J connectivity index is 2.10. The van der Waals surface area contributed by atoms with Crippen LogP contribution >= 0.6 is 11.6 Å². The molecule has 0 aliphatic carbocycles. The number of rotatable bonds is 4. The molecular formula is C15H15ClFNO. The number of ether oxygens (including phenoxy) is 1. The van der Waals surface area contributed by atoms with Gasteiger partial charge in [0.2, 0.25) is 0 Å². The van der Waals surface area contributed by atoms with Crippen LogP contribution in [-0.2, 0) is 13.0 Å². The molecule has 4 heteroatoms. The van der Waals surface area contributed by atoms with Crippen LogP contribution < -0.4 is 10.5 Å². The molecule has 2 rings (SSSR count). The van der Waals surface area contributed by atoms with Crippen LogP contribution in [0.1, 0.15) is 18.1 Å². The Kier molecular flexibility index (Phi) is 4.27. The summed E-state index contributed by atoms with van der Waals surface area (Å²) in [6, 6.07) is 10.0. The fourth-order valence-corrected chi connectivity index (χ4v) is 2.00. The molecule has 2 N–H and O–H groups in total. The Hall–Kier alpha value is -1.74. The molecule has 0 heterocycles. The van der Waals surface area contributed by atoms with Gasteiger partial charge in [-0.25, -0.2) is 4.39 Å². The second-order valence-corrected chi connectivity index (χ2v) is 4.65. The van der Waals surface area contributed by atoms with Crippen molar-refractivity contribution in [3.63, 3.8) is 0 Å². The second kappa shape index (κ2) is 5.93. The van der Waals surface area contributed by atoms with Gasteiger partial charge in [-0.05, 0) is 42.3 Å². The van der Waals surface area contributed by atoms with Gasteiger partial charge in [-0.2, -0.15) is 0 Å². The van der Waals surface area contributed by atoms with Crippen molar-refractivity contribution < 1.29 is 9.13 Å². The highest BCUT2D eigenvalue weighted by atomic mass is 35.5. The zero-order valence-electron chi connectivity index (χ0n) is 10.6. The fourth-order valence-electron chi connectivity index (χ4n) is 1.75. The third-order valence-corrected chi connectivity index (χ3v) is 3.24. The van der Waals surface area contributed by atoms with Crippen molar-refractivity contribution in [2.75, 3.05) is 5.73 Å². The van der Waals surface area contributed by atoms with Crippen molar-refractivity contribution in [3.05, 3.63) is 58.4 Å². The topological polar surface area (TPSA) is 35.2 Å². The van der Waals surface area contributed by atoms with Crippen molar-refractivity contribution in [2.45, 2.75) is 20.0 Å². The minimum atomic E-state index is -0.357. The van der Waals surface area contributed by atoms with Crippen LogP contribution in [0.15, 0.2) is 36.4 Å². The van der Waals surface area contributed by atoms with Crippen molar-refractivity contribution >= 4 is 17.3 Å². The van der Waals surface area contributed by atoms with Crippen LogP contribution in [0.25, 0.3) is 0 Å². The first kappa shape index (κ1) is 13.7. The van der Waals surface area contributed by atoms with Crippen molar-refractivity contribution in [2.24, 2.45) is 0 Å². The number of aryl methyl sites for hydroxylation is 1. The van der Waals surface area contributed by atoms with Gasteiger partial charge in [-0.3, -0.25) is 0 Å². The highest BCUT2D eigenvalue weighted by Gasteiger charge is 2.05. The summed E-state index contributed by atoms with van der Waals surface area (Å²) in [5.74, 6) is 0.321. The van der Waals surface area contributed by atoms with Gasteiger partial charge < -0.3 is 10.5 Å². The van der Waals surface area contributed by atoms with E-state index in [1.165, 1.54) is 6.07 Å². The van der Waals surface area contributed by atoms with E-state index in [0.29, 0.717) is 22.0 Å². The summed E-state index contributed by atoms with van der Waals surface area (Å²) >= 11 is 6.03. The molecule has 0 aliphatic heterocycles. The molecule has 2 nitrogen and oxygen atoms in total. The number of hydrogen-bond donors (Lipinski definition) is 1. The Bertz CT molecular complexity index is 586. The molecule has 0 aliphatic rings. The lowest BCUT2D eigenvalue weighted by Gasteiger charge is -2.09. The van der Waals surface area contributed by atoms with Crippen molar-refractivity contribution in [1.29, 1.82) is 0 Å². The van der Waals surface area contributed by atoms with Gasteiger partial charge >= 0.3 is 0 Å². The Morgan fingerprint density at radius 3 is 2.63 bits per heavy atom. The maximum absolute atomic E-state index is 13.6. The SMILES string of the molecule is CCc1cc(OCc2ccc(N)cc2F)ccc1Cl. The summed E-state index contributed by atoms with van der Waals surface area (Å²) < 4.78 is 19.2. The maximum Gasteiger partial charge on any atom is 0.131 e. The molecule has 0 spiro atoms. The molecule has 0 amide bonds. The Morgan fingerprint density at radius 1 is 1.16 bits per heavy atom. The van der Waals surface area contributed by atoms with E-state index >= 15 is 0 Å². The maximum atomic E-state index is 13.6. The van der Waals surface area contributed by atoms with Crippen LogP contribution in [0, 0.1) is 5.82 Å². The molecule has 0 radical (unpaired) electrons. The van der Waals surface area contributed by atoms with Gasteiger partial charge in [0, 0.05) is 16.3 Å². The molecule has 0 fully saturated rings. The average molecular weight is 280 g/mol. The number of nitrogen functional groups attached to an aromatic ring is 1. The predicted octanol–water partition coefficient (Wildman–Crippen LogP) is 4.20. The second-order valence-electron chi connectivity index (χ2n) is 4.25.